The van der Waals surface area contributed by atoms with Gasteiger partial charge in [0.25, 0.3) is 0 Å². The second-order valence-electron chi connectivity index (χ2n) is 3.45. The predicted molar refractivity (Wildman–Crippen MR) is 49.6 cm³/mol. The number of halogens is 3. The van der Waals surface area contributed by atoms with E-state index in [-0.39, 0.29) is 11.5 Å². The van der Waals surface area contributed by atoms with Crippen LogP contribution < -0.4 is 0 Å². The number of hydrogen-bond donors (Lipinski definition) is 0. The van der Waals surface area contributed by atoms with Crippen LogP contribution in [0, 0.1) is 17.5 Å². The van der Waals surface area contributed by atoms with Gasteiger partial charge in [0, 0.05) is 0 Å². The summed E-state index contributed by atoms with van der Waals surface area (Å²) in [6.07, 6.45) is 1.65. The Morgan fingerprint density at radius 3 is 2.36 bits per heavy atom. The molecule has 0 aromatic heterocycles. The fourth-order valence-electron chi connectivity index (χ4n) is 1.51. The van der Waals surface area contributed by atoms with E-state index in [0.717, 1.165) is 18.9 Å². The van der Waals surface area contributed by atoms with E-state index in [1.54, 1.807) is 6.92 Å². The van der Waals surface area contributed by atoms with Gasteiger partial charge in [0.1, 0.15) is 0 Å². The van der Waals surface area contributed by atoms with Crippen molar-refractivity contribution in [1.29, 1.82) is 0 Å². The van der Waals surface area contributed by atoms with Gasteiger partial charge in [0.15, 0.2) is 17.5 Å². The van der Waals surface area contributed by atoms with Crippen LogP contribution in [0.5, 0.6) is 0 Å². The molecule has 0 radical (unpaired) electrons. The first kappa shape index (κ1) is 11.1. The van der Waals surface area contributed by atoms with Crippen LogP contribution in [-0.2, 0) is 0 Å². The third-order valence-electron chi connectivity index (χ3n) is 2.32. The molecule has 0 nitrogen and oxygen atoms in total. The molecule has 1 atom stereocenters. The summed E-state index contributed by atoms with van der Waals surface area (Å²) in [4.78, 5) is 0. The van der Waals surface area contributed by atoms with Gasteiger partial charge in [-0.05, 0) is 24.0 Å². The standard InChI is InChI=1S/C11H13F3/c1-3-4-7(2)8-5-6-9(12)11(14)10(8)13/h5-7H,3-4H2,1-2H3. The van der Waals surface area contributed by atoms with Crippen LogP contribution in [0.4, 0.5) is 13.2 Å². The summed E-state index contributed by atoms with van der Waals surface area (Å²) in [6, 6.07) is 2.29. The van der Waals surface area contributed by atoms with Crippen molar-refractivity contribution in [3.63, 3.8) is 0 Å². The molecule has 0 aliphatic rings. The van der Waals surface area contributed by atoms with Gasteiger partial charge in [0.2, 0.25) is 0 Å². The van der Waals surface area contributed by atoms with Gasteiger partial charge in [-0.2, -0.15) is 0 Å². The molecule has 0 aliphatic heterocycles. The summed E-state index contributed by atoms with van der Waals surface area (Å²) < 4.78 is 38.7. The molecule has 0 heterocycles. The van der Waals surface area contributed by atoms with Crippen LogP contribution in [0.2, 0.25) is 0 Å². The van der Waals surface area contributed by atoms with Crippen molar-refractivity contribution < 1.29 is 13.2 Å². The minimum absolute atomic E-state index is 0.0740. The highest BCUT2D eigenvalue weighted by Crippen LogP contribution is 2.25. The smallest absolute Gasteiger partial charge is 0.194 e. The van der Waals surface area contributed by atoms with Crippen molar-refractivity contribution in [1.82, 2.24) is 0 Å². The van der Waals surface area contributed by atoms with Crippen molar-refractivity contribution in [2.45, 2.75) is 32.6 Å². The number of hydrogen-bond acceptors (Lipinski definition) is 0. The number of benzene rings is 1. The van der Waals surface area contributed by atoms with E-state index in [2.05, 4.69) is 0 Å². The Hall–Kier alpha value is -0.990. The zero-order valence-electron chi connectivity index (χ0n) is 8.28. The van der Waals surface area contributed by atoms with Gasteiger partial charge >= 0.3 is 0 Å². The monoisotopic (exact) mass is 202 g/mol. The van der Waals surface area contributed by atoms with Crippen LogP contribution in [0.15, 0.2) is 12.1 Å². The van der Waals surface area contributed by atoms with E-state index in [1.807, 2.05) is 6.92 Å². The van der Waals surface area contributed by atoms with Gasteiger partial charge in [0.05, 0.1) is 0 Å². The molecule has 14 heavy (non-hydrogen) atoms. The van der Waals surface area contributed by atoms with Crippen molar-refractivity contribution in [2.75, 3.05) is 0 Å². The highest BCUT2D eigenvalue weighted by Gasteiger charge is 2.16. The van der Waals surface area contributed by atoms with Crippen LogP contribution in [-0.4, -0.2) is 0 Å². The maximum Gasteiger partial charge on any atom is 0.194 e. The Bertz CT molecular complexity index is 321. The second kappa shape index (κ2) is 4.49. The quantitative estimate of drug-likeness (QED) is 0.650. The van der Waals surface area contributed by atoms with Crippen LogP contribution in [0.25, 0.3) is 0 Å². The zero-order valence-corrected chi connectivity index (χ0v) is 8.28. The first-order valence-electron chi connectivity index (χ1n) is 4.71. The van der Waals surface area contributed by atoms with Gasteiger partial charge < -0.3 is 0 Å². The Kier molecular flexibility index (Phi) is 3.55. The van der Waals surface area contributed by atoms with Crippen molar-refractivity contribution >= 4 is 0 Å². The van der Waals surface area contributed by atoms with E-state index in [9.17, 15) is 13.2 Å². The molecule has 0 saturated carbocycles. The first-order chi connectivity index (χ1) is 6.57. The molecule has 0 amide bonds. The predicted octanol–water partition coefficient (Wildman–Crippen LogP) is 4.01. The lowest BCUT2D eigenvalue weighted by Crippen LogP contribution is -2.01. The molecule has 78 valence electrons. The van der Waals surface area contributed by atoms with E-state index in [0.29, 0.717) is 0 Å². The van der Waals surface area contributed by atoms with E-state index in [4.69, 9.17) is 0 Å². The molecule has 0 N–H and O–H groups in total. The fourth-order valence-corrected chi connectivity index (χ4v) is 1.51. The summed E-state index contributed by atoms with van der Waals surface area (Å²) in [7, 11) is 0. The summed E-state index contributed by atoms with van der Waals surface area (Å²) in [5.74, 6) is -3.62. The molecule has 1 aromatic rings. The molecule has 0 aliphatic carbocycles. The molecule has 1 aromatic carbocycles. The van der Waals surface area contributed by atoms with E-state index in [1.165, 1.54) is 6.07 Å². The van der Waals surface area contributed by atoms with Crippen LogP contribution in [0.3, 0.4) is 0 Å². The highest BCUT2D eigenvalue weighted by molar-refractivity contribution is 5.23. The van der Waals surface area contributed by atoms with Crippen LogP contribution in [0.1, 0.15) is 38.2 Å². The van der Waals surface area contributed by atoms with E-state index >= 15 is 0 Å². The first-order valence-corrected chi connectivity index (χ1v) is 4.71. The maximum atomic E-state index is 13.2. The van der Waals surface area contributed by atoms with Crippen LogP contribution >= 0.6 is 0 Å². The molecule has 1 rings (SSSR count). The van der Waals surface area contributed by atoms with Gasteiger partial charge in [-0.1, -0.05) is 26.3 Å². The highest BCUT2D eigenvalue weighted by atomic mass is 19.2. The van der Waals surface area contributed by atoms with Crippen molar-refractivity contribution in [3.05, 3.63) is 35.1 Å². The zero-order chi connectivity index (χ0) is 10.7. The Balaban J connectivity index is 3.04. The van der Waals surface area contributed by atoms with Gasteiger partial charge in [-0.15, -0.1) is 0 Å². The topological polar surface area (TPSA) is 0 Å². The molecule has 0 saturated heterocycles. The Morgan fingerprint density at radius 2 is 1.79 bits per heavy atom. The largest absolute Gasteiger partial charge is 0.204 e. The normalized spacial score (nSPS) is 12.9. The molecule has 3 heteroatoms. The lowest BCUT2D eigenvalue weighted by molar-refractivity contribution is 0.434. The molecular weight excluding hydrogens is 189 g/mol. The summed E-state index contributed by atoms with van der Waals surface area (Å²) in [5.41, 5.74) is 0.255. The summed E-state index contributed by atoms with van der Waals surface area (Å²) in [5, 5.41) is 0. The molecule has 1 unspecified atom stereocenters. The van der Waals surface area contributed by atoms with Crippen molar-refractivity contribution in [3.8, 4) is 0 Å². The molecule has 0 fully saturated rings. The summed E-state index contributed by atoms with van der Waals surface area (Å²) in [6.45, 7) is 3.77. The third-order valence-corrected chi connectivity index (χ3v) is 2.32. The van der Waals surface area contributed by atoms with Gasteiger partial charge in [-0.25, -0.2) is 13.2 Å². The maximum absolute atomic E-state index is 13.2. The fraction of sp³-hybridized carbons (Fsp3) is 0.455. The molecular formula is C11H13F3. The van der Waals surface area contributed by atoms with Crippen molar-refractivity contribution in [2.24, 2.45) is 0 Å². The molecule has 0 bridgehead atoms. The lowest BCUT2D eigenvalue weighted by atomic mass is 9.96. The average Bonchev–Trinajstić information content (AvgIpc) is 2.15. The summed E-state index contributed by atoms with van der Waals surface area (Å²) >= 11 is 0. The average molecular weight is 202 g/mol. The molecule has 0 spiro atoms. The SMILES string of the molecule is CCCC(C)c1ccc(F)c(F)c1F. The minimum Gasteiger partial charge on any atom is -0.204 e. The van der Waals surface area contributed by atoms with Gasteiger partial charge in [-0.3, -0.25) is 0 Å². The lowest BCUT2D eigenvalue weighted by Gasteiger charge is -2.11. The Labute approximate surface area is 81.8 Å². The number of rotatable bonds is 3. The Morgan fingerprint density at radius 1 is 1.14 bits per heavy atom. The minimum atomic E-state index is -1.37. The third kappa shape index (κ3) is 2.08. The van der Waals surface area contributed by atoms with E-state index < -0.39 is 17.5 Å². The second-order valence-corrected chi connectivity index (χ2v) is 3.45.